The molecule has 2 rings (SSSR count). The van der Waals surface area contributed by atoms with E-state index in [1.165, 1.54) is 12.8 Å². The van der Waals surface area contributed by atoms with Crippen LogP contribution in [0.25, 0.3) is 0 Å². The van der Waals surface area contributed by atoms with E-state index < -0.39 is 0 Å². The number of carbonyl (C=O) groups is 2. The van der Waals surface area contributed by atoms with E-state index in [0.717, 1.165) is 12.8 Å². The second-order valence-corrected chi connectivity index (χ2v) is 6.03. The maximum atomic E-state index is 12.0. The molecule has 2 N–H and O–H groups in total. The van der Waals surface area contributed by atoms with Gasteiger partial charge in [-0.05, 0) is 25.7 Å². The molecule has 2 amide bonds. The summed E-state index contributed by atoms with van der Waals surface area (Å²) in [5.41, 5.74) is 0. The second-order valence-electron chi connectivity index (χ2n) is 6.03. The lowest BCUT2D eigenvalue weighted by Gasteiger charge is -2.23. The summed E-state index contributed by atoms with van der Waals surface area (Å²) >= 11 is 0. The third-order valence-corrected chi connectivity index (χ3v) is 4.54. The van der Waals surface area contributed by atoms with Gasteiger partial charge in [0.1, 0.15) is 0 Å². The van der Waals surface area contributed by atoms with Crippen molar-refractivity contribution in [3.63, 3.8) is 0 Å². The Morgan fingerprint density at radius 3 is 2.80 bits per heavy atom. The fourth-order valence-electron chi connectivity index (χ4n) is 3.19. The number of rotatable bonds is 6. The van der Waals surface area contributed by atoms with E-state index in [9.17, 15) is 14.7 Å². The van der Waals surface area contributed by atoms with Crippen molar-refractivity contribution in [2.45, 2.75) is 64.0 Å². The maximum absolute atomic E-state index is 12.0. The largest absolute Gasteiger partial charge is 0.393 e. The van der Waals surface area contributed by atoms with Gasteiger partial charge in [0.05, 0.1) is 12.0 Å². The fourth-order valence-corrected chi connectivity index (χ4v) is 3.19. The highest BCUT2D eigenvalue weighted by Gasteiger charge is 2.38. The standard InChI is InChI=1S/C15H26N2O3/c1-2-13(18)7-8-16-15(20)11-9-14(19)17(10-11)12-5-3-4-6-12/h11-13,18H,2-10H2,1H3,(H,16,20). The summed E-state index contributed by atoms with van der Waals surface area (Å²) in [5, 5.41) is 12.3. The molecule has 0 aromatic rings. The molecule has 0 aromatic carbocycles. The highest BCUT2D eigenvalue weighted by atomic mass is 16.3. The van der Waals surface area contributed by atoms with E-state index in [1.807, 2.05) is 11.8 Å². The number of hydrogen-bond acceptors (Lipinski definition) is 3. The molecule has 1 saturated heterocycles. The summed E-state index contributed by atoms with van der Waals surface area (Å²) in [5.74, 6) is -0.116. The molecule has 0 spiro atoms. The Bertz CT molecular complexity index is 353. The van der Waals surface area contributed by atoms with Crippen molar-refractivity contribution in [1.82, 2.24) is 10.2 Å². The quantitative estimate of drug-likeness (QED) is 0.765. The topological polar surface area (TPSA) is 69.6 Å². The number of nitrogens with one attached hydrogen (secondary N) is 1. The first-order valence-electron chi connectivity index (χ1n) is 7.87. The molecule has 2 aliphatic rings. The maximum Gasteiger partial charge on any atom is 0.225 e. The highest BCUT2D eigenvalue weighted by Crippen LogP contribution is 2.29. The number of amides is 2. The lowest BCUT2D eigenvalue weighted by Crippen LogP contribution is -2.37. The van der Waals surface area contributed by atoms with Crippen LogP contribution in [0.3, 0.4) is 0 Å². The monoisotopic (exact) mass is 282 g/mol. The predicted octanol–water partition coefficient (Wildman–Crippen LogP) is 1.05. The summed E-state index contributed by atoms with van der Waals surface area (Å²) in [6, 6.07) is 0.363. The molecule has 1 saturated carbocycles. The van der Waals surface area contributed by atoms with Crippen LogP contribution in [0.2, 0.25) is 0 Å². The SMILES string of the molecule is CCC(O)CCNC(=O)C1CC(=O)N(C2CCCC2)C1. The Morgan fingerprint density at radius 2 is 2.15 bits per heavy atom. The predicted molar refractivity (Wildman–Crippen MR) is 76.0 cm³/mol. The molecule has 1 aliphatic carbocycles. The molecule has 2 atom stereocenters. The van der Waals surface area contributed by atoms with Crippen LogP contribution in [0.5, 0.6) is 0 Å². The Kier molecular flexibility index (Phi) is 5.40. The molecule has 0 aromatic heterocycles. The summed E-state index contributed by atoms with van der Waals surface area (Å²) in [4.78, 5) is 26.0. The van der Waals surface area contributed by atoms with Crippen LogP contribution in [-0.2, 0) is 9.59 Å². The van der Waals surface area contributed by atoms with Crippen LogP contribution in [0.4, 0.5) is 0 Å². The zero-order valence-electron chi connectivity index (χ0n) is 12.3. The van der Waals surface area contributed by atoms with Gasteiger partial charge in [-0.25, -0.2) is 0 Å². The Hall–Kier alpha value is -1.10. The third-order valence-electron chi connectivity index (χ3n) is 4.54. The molecule has 2 unspecified atom stereocenters. The lowest BCUT2D eigenvalue weighted by molar-refractivity contribution is -0.130. The minimum Gasteiger partial charge on any atom is -0.393 e. The molecule has 5 heteroatoms. The van der Waals surface area contributed by atoms with Crippen molar-refractivity contribution in [3.8, 4) is 0 Å². The van der Waals surface area contributed by atoms with E-state index >= 15 is 0 Å². The van der Waals surface area contributed by atoms with Crippen LogP contribution >= 0.6 is 0 Å². The number of nitrogens with zero attached hydrogens (tertiary/aromatic N) is 1. The van der Waals surface area contributed by atoms with Gasteiger partial charge in [-0.15, -0.1) is 0 Å². The first-order valence-corrected chi connectivity index (χ1v) is 7.87. The normalized spacial score (nSPS) is 25.2. The molecule has 1 aliphatic heterocycles. The summed E-state index contributed by atoms with van der Waals surface area (Å²) in [6.07, 6.45) is 5.84. The van der Waals surface area contributed by atoms with Crippen LogP contribution in [0.1, 0.15) is 51.9 Å². The molecule has 1 heterocycles. The van der Waals surface area contributed by atoms with Crippen LogP contribution in [-0.4, -0.2) is 47.1 Å². The van der Waals surface area contributed by atoms with Crippen molar-refractivity contribution in [1.29, 1.82) is 0 Å². The summed E-state index contributed by atoms with van der Waals surface area (Å²) < 4.78 is 0. The molecule has 20 heavy (non-hydrogen) atoms. The van der Waals surface area contributed by atoms with Crippen molar-refractivity contribution >= 4 is 11.8 Å². The number of aliphatic hydroxyl groups excluding tert-OH is 1. The zero-order chi connectivity index (χ0) is 14.5. The van der Waals surface area contributed by atoms with Gasteiger partial charge in [0.2, 0.25) is 11.8 Å². The van der Waals surface area contributed by atoms with Gasteiger partial charge in [-0.1, -0.05) is 19.8 Å². The van der Waals surface area contributed by atoms with Crippen LogP contribution < -0.4 is 5.32 Å². The Labute approximate surface area is 120 Å². The number of aliphatic hydroxyl groups is 1. The highest BCUT2D eigenvalue weighted by molar-refractivity contribution is 5.89. The lowest BCUT2D eigenvalue weighted by atomic mass is 10.1. The van der Waals surface area contributed by atoms with Crippen molar-refractivity contribution < 1.29 is 14.7 Å². The van der Waals surface area contributed by atoms with Gasteiger partial charge in [0, 0.05) is 25.6 Å². The molecular formula is C15H26N2O3. The number of hydrogen-bond donors (Lipinski definition) is 2. The van der Waals surface area contributed by atoms with Crippen LogP contribution in [0.15, 0.2) is 0 Å². The number of likely N-dealkylation sites (tertiary alicyclic amines) is 1. The van der Waals surface area contributed by atoms with E-state index in [1.54, 1.807) is 0 Å². The molecule has 2 fully saturated rings. The van der Waals surface area contributed by atoms with E-state index in [2.05, 4.69) is 5.32 Å². The van der Waals surface area contributed by atoms with Gasteiger partial charge in [-0.2, -0.15) is 0 Å². The average molecular weight is 282 g/mol. The van der Waals surface area contributed by atoms with Gasteiger partial charge >= 0.3 is 0 Å². The third kappa shape index (κ3) is 3.72. The van der Waals surface area contributed by atoms with E-state index in [0.29, 0.717) is 38.4 Å². The second kappa shape index (κ2) is 7.07. The van der Waals surface area contributed by atoms with E-state index in [4.69, 9.17) is 0 Å². The molecule has 0 bridgehead atoms. The smallest absolute Gasteiger partial charge is 0.225 e. The Balaban J connectivity index is 1.76. The van der Waals surface area contributed by atoms with Crippen LogP contribution in [0, 0.1) is 5.92 Å². The van der Waals surface area contributed by atoms with Crippen molar-refractivity contribution in [2.75, 3.05) is 13.1 Å². The molecule has 114 valence electrons. The van der Waals surface area contributed by atoms with Gasteiger partial charge in [0.25, 0.3) is 0 Å². The van der Waals surface area contributed by atoms with Crippen molar-refractivity contribution in [3.05, 3.63) is 0 Å². The minimum atomic E-state index is -0.351. The molecule has 5 nitrogen and oxygen atoms in total. The first kappa shape index (κ1) is 15.3. The molecule has 0 radical (unpaired) electrons. The average Bonchev–Trinajstić information content (AvgIpc) is 3.07. The first-order chi connectivity index (χ1) is 9.61. The number of carbonyl (C=O) groups excluding carboxylic acids is 2. The summed E-state index contributed by atoms with van der Waals surface area (Å²) in [7, 11) is 0. The Morgan fingerprint density at radius 1 is 1.45 bits per heavy atom. The molecular weight excluding hydrogens is 256 g/mol. The van der Waals surface area contributed by atoms with Gasteiger partial charge < -0.3 is 15.3 Å². The van der Waals surface area contributed by atoms with E-state index in [-0.39, 0.29) is 23.8 Å². The summed E-state index contributed by atoms with van der Waals surface area (Å²) in [6.45, 7) is 2.98. The van der Waals surface area contributed by atoms with Crippen molar-refractivity contribution in [2.24, 2.45) is 5.92 Å². The van der Waals surface area contributed by atoms with Gasteiger partial charge in [-0.3, -0.25) is 9.59 Å². The van der Waals surface area contributed by atoms with Gasteiger partial charge in [0.15, 0.2) is 0 Å². The zero-order valence-corrected chi connectivity index (χ0v) is 12.3. The fraction of sp³-hybridized carbons (Fsp3) is 0.867. The minimum absolute atomic E-state index is 0.0397.